The van der Waals surface area contributed by atoms with E-state index < -0.39 is 130 Å². The zero-order valence-electron chi connectivity index (χ0n) is 36.9. The van der Waals surface area contributed by atoms with Crippen molar-refractivity contribution in [3.63, 3.8) is 0 Å². The molecule has 19 nitrogen and oxygen atoms in total. The predicted molar refractivity (Wildman–Crippen MR) is 217 cm³/mol. The van der Waals surface area contributed by atoms with Gasteiger partial charge >= 0.3 is 0 Å². The molecule has 4 saturated carbocycles. The van der Waals surface area contributed by atoms with Gasteiger partial charge in [0.15, 0.2) is 24.7 Å². The van der Waals surface area contributed by atoms with Gasteiger partial charge in [-0.2, -0.15) is 0 Å². The fourth-order valence-corrected chi connectivity index (χ4v) is 14.6. The third-order valence-electron chi connectivity index (χ3n) is 18.1. The Morgan fingerprint density at radius 2 is 1.25 bits per heavy atom. The first-order chi connectivity index (χ1) is 30.4. The highest BCUT2D eigenvalue weighted by molar-refractivity contribution is 5.17. The lowest BCUT2D eigenvalue weighted by molar-refractivity contribution is -0.391. The molecule has 11 N–H and O–H groups in total. The number of rotatable bonds is 9. The van der Waals surface area contributed by atoms with Crippen molar-refractivity contribution < 1.29 is 94.1 Å². The first-order valence-electron chi connectivity index (χ1n) is 23.6. The van der Waals surface area contributed by atoms with E-state index >= 15 is 0 Å². The van der Waals surface area contributed by atoms with E-state index in [1.165, 1.54) is 0 Å². The van der Waals surface area contributed by atoms with Crippen molar-refractivity contribution in [3.05, 3.63) is 12.2 Å². The number of fused-ring (bicyclic) bond motifs is 7. The largest absolute Gasteiger partial charge is 0.394 e. The normalized spacial score (nSPS) is 57.5. The maximum atomic E-state index is 11.8. The van der Waals surface area contributed by atoms with Crippen LogP contribution in [-0.4, -0.2) is 199 Å². The van der Waals surface area contributed by atoms with E-state index in [9.17, 15) is 56.2 Å². The van der Waals surface area contributed by atoms with Crippen molar-refractivity contribution in [3.8, 4) is 0 Å². The lowest BCUT2D eigenvalue weighted by atomic mass is 9.44. The second kappa shape index (κ2) is 18.1. The maximum absolute atomic E-state index is 11.8. The molecular formula is C45H72O19. The quantitative estimate of drug-likeness (QED) is 0.0895. The van der Waals surface area contributed by atoms with Gasteiger partial charge in [0.05, 0.1) is 44.7 Å². The summed E-state index contributed by atoms with van der Waals surface area (Å²) in [5.74, 6) is 1.83. The second-order valence-electron chi connectivity index (χ2n) is 21.3. The van der Waals surface area contributed by atoms with Crippen LogP contribution in [0.5, 0.6) is 0 Å². The minimum Gasteiger partial charge on any atom is -0.394 e. The number of aliphatic hydroxyl groups is 11. The van der Waals surface area contributed by atoms with Crippen LogP contribution in [0.4, 0.5) is 0 Å². The summed E-state index contributed by atoms with van der Waals surface area (Å²) in [7, 11) is 0. The minimum atomic E-state index is -1.91. The molecule has 4 aliphatic carbocycles. The summed E-state index contributed by atoms with van der Waals surface area (Å²) in [6, 6.07) is 0. The standard InChI is InChI=1S/C45H72O19/c1-18-7-10-45(57-17-18)19(2)30-26(64-45)12-23-21-6-5-20-11-25(24(49)13-44(20,4)22(21)8-9-43(23,30)3)58-40-37(56)35(54)38(29(16-48)61-40)62-42-39(34(53)32(51)28(15-47)60-42)63-41-36(55)33(52)31(50)27(14-46)59-41/h19-42,46-56H,1,5-17H2,2-4H3/t19-,20-,21+,22-,23-,24+,25+,26-,27+,28+,29+,30-,31+,32+,33-,34-,35+,36+,37+,38-,39+,40+,41-,42-,43-,44-,45+/m0/s1. The zero-order chi connectivity index (χ0) is 45.8. The molecule has 9 rings (SSSR count). The van der Waals surface area contributed by atoms with E-state index in [-0.39, 0.29) is 22.9 Å². The van der Waals surface area contributed by atoms with Gasteiger partial charge in [-0.1, -0.05) is 32.9 Å². The highest BCUT2D eigenvalue weighted by Crippen LogP contribution is 2.71. The van der Waals surface area contributed by atoms with Crippen molar-refractivity contribution in [1.29, 1.82) is 0 Å². The Balaban J connectivity index is 0.849. The van der Waals surface area contributed by atoms with Gasteiger partial charge in [-0.05, 0) is 91.8 Å². The Morgan fingerprint density at radius 1 is 0.641 bits per heavy atom. The zero-order valence-corrected chi connectivity index (χ0v) is 36.9. The summed E-state index contributed by atoms with van der Waals surface area (Å²) in [4.78, 5) is 0. The van der Waals surface area contributed by atoms with E-state index in [0.29, 0.717) is 49.0 Å². The van der Waals surface area contributed by atoms with Crippen LogP contribution in [0.15, 0.2) is 12.2 Å². The molecule has 9 fully saturated rings. The number of hydrogen-bond donors (Lipinski definition) is 11. The van der Waals surface area contributed by atoms with Crippen LogP contribution in [0.2, 0.25) is 0 Å². The molecule has 0 bridgehead atoms. The van der Waals surface area contributed by atoms with Crippen LogP contribution in [0, 0.1) is 46.3 Å². The molecule has 0 aromatic rings. The lowest BCUT2D eigenvalue weighted by Gasteiger charge is -2.62. The molecule has 366 valence electrons. The van der Waals surface area contributed by atoms with E-state index in [0.717, 1.165) is 50.5 Å². The van der Waals surface area contributed by atoms with Gasteiger partial charge in [0.2, 0.25) is 0 Å². The minimum absolute atomic E-state index is 0.137. The van der Waals surface area contributed by atoms with Crippen molar-refractivity contribution in [2.45, 2.75) is 195 Å². The smallest absolute Gasteiger partial charge is 0.187 e. The molecule has 0 radical (unpaired) electrons. The predicted octanol–water partition coefficient (Wildman–Crippen LogP) is -1.84. The summed E-state index contributed by atoms with van der Waals surface area (Å²) >= 11 is 0. The van der Waals surface area contributed by atoms with Gasteiger partial charge in [0.1, 0.15) is 73.2 Å². The van der Waals surface area contributed by atoms with Gasteiger partial charge in [0, 0.05) is 12.3 Å². The van der Waals surface area contributed by atoms with Crippen molar-refractivity contribution in [2.24, 2.45) is 46.3 Å². The lowest BCUT2D eigenvalue weighted by Crippen LogP contribution is -2.67. The molecule has 9 aliphatic rings. The summed E-state index contributed by atoms with van der Waals surface area (Å²) in [5, 5.41) is 118. The Morgan fingerprint density at radius 3 is 1.92 bits per heavy atom. The Labute approximate surface area is 373 Å². The van der Waals surface area contributed by atoms with Gasteiger partial charge in [0.25, 0.3) is 0 Å². The van der Waals surface area contributed by atoms with E-state index in [1.54, 1.807) is 0 Å². The third kappa shape index (κ3) is 7.77. The van der Waals surface area contributed by atoms with E-state index in [2.05, 4.69) is 27.4 Å². The molecule has 19 heteroatoms. The molecule has 1 spiro atoms. The molecule has 0 unspecified atom stereocenters. The highest BCUT2D eigenvalue weighted by Gasteiger charge is 2.69. The molecule has 0 aromatic carbocycles. The topological polar surface area (TPSA) is 296 Å². The van der Waals surface area contributed by atoms with Crippen LogP contribution < -0.4 is 0 Å². The van der Waals surface area contributed by atoms with E-state index in [4.69, 9.17) is 37.9 Å². The van der Waals surface area contributed by atoms with Crippen LogP contribution in [0.25, 0.3) is 0 Å². The average Bonchev–Trinajstić information content (AvgIpc) is 3.72. The highest BCUT2D eigenvalue weighted by atomic mass is 16.8. The summed E-state index contributed by atoms with van der Waals surface area (Å²) < 4.78 is 48.6. The Kier molecular flexibility index (Phi) is 13.5. The summed E-state index contributed by atoms with van der Waals surface area (Å²) in [6.45, 7) is 9.49. The van der Waals surface area contributed by atoms with Crippen LogP contribution in [0.1, 0.15) is 78.6 Å². The monoisotopic (exact) mass is 916 g/mol. The molecule has 5 saturated heterocycles. The molecule has 5 heterocycles. The van der Waals surface area contributed by atoms with Crippen LogP contribution in [-0.2, 0) is 37.9 Å². The summed E-state index contributed by atoms with van der Waals surface area (Å²) in [6.07, 6.45) is -19.0. The molecule has 0 amide bonds. The fourth-order valence-electron chi connectivity index (χ4n) is 14.6. The number of aliphatic hydroxyl groups excluding tert-OH is 11. The van der Waals surface area contributed by atoms with Crippen LogP contribution >= 0.6 is 0 Å². The molecule has 27 atom stereocenters. The molecular weight excluding hydrogens is 844 g/mol. The maximum Gasteiger partial charge on any atom is 0.187 e. The van der Waals surface area contributed by atoms with Crippen molar-refractivity contribution in [2.75, 3.05) is 26.4 Å². The fraction of sp³-hybridized carbons (Fsp3) is 0.956. The van der Waals surface area contributed by atoms with E-state index in [1.807, 2.05) is 0 Å². The van der Waals surface area contributed by atoms with Crippen molar-refractivity contribution in [1.82, 2.24) is 0 Å². The second-order valence-corrected chi connectivity index (χ2v) is 21.3. The SMILES string of the molecule is C=C1CC[C@@]2(OC1)O[C@H]1C[C@H]3[C@@H]4CC[C@H]5C[C@@H](O[C@@H]6O[C@H](CO)[C@H](O[C@@H]7O[C@H](CO)[C@@H](O)[C@H](O)[C@H]7O[C@@H]7O[C@H](CO)[C@@H](O)[C@H](O)[C@H]7O)[C@H](O)[C@H]6O)[C@H](O)C[C@]5(C)[C@H]4CC[C@]3(C)[C@H]1[C@@H]2C. The molecule has 5 aliphatic heterocycles. The van der Waals surface area contributed by atoms with Gasteiger partial charge < -0.3 is 94.1 Å². The summed E-state index contributed by atoms with van der Waals surface area (Å²) in [5.41, 5.74) is 1.11. The molecule has 0 aromatic heterocycles. The Hall–Kier alpha value is -1.02. The number of ether oxygens (including phenoxy) is 8. The van der Waals surface area contributed by atoms with Crippen molar-refractivity contribution >= 4 is 0 Å². The first-order valence-corrected chi connectivity index (χ1v) is 23.6. The van der Waals surface area contributed by atoms with Gasteiger partial charge in [-0.3, -0.25) is 0 Å². The van der Waals surface area contributed by atoms with Gasteiger partial charge in [-0.15, -0.1) is 0 Å². The average molecular weight is 917 g/mol. The van der Waals surface area contributed by atoms with Gasteiger partial charge in [-0.25, -0.2) is 0 Å². The molecule has 64 heavy (non-hydrogen) atoms. The Bertz CT molecular complexity index is 1640. The number of hydrogen-bond acceptors (Lipinski definition) is 19. The third-order valence-corrected chi connectivity index (χ3v) is 18.1. The first kappa shape index (κ1) is 48.0. The van der Waals surface area contributed by atoms with Crippen LogP contribution in [0.3, 0.4) is 0 Å².